The molecule has 3 aliphatic rings. The van der Waals surface area contributed by atoms with Gasteiger partial charge in [0, 0.05) is 78.0 Å². The van der Waals surface area contributed by atoms with Crippen molar-refractivity contribution in [2.75, 3.05) is 146 Å². The molecule has 3 rings (SSSR count). The number of rotatable bonds is 57. The van der Waals surface area contributed by atoms with E-state index in [4.69, 9.17) is 131 Å². The maximum atomic E-state index is 11.8. The van der Waals surface area contributed by atoms with Gasteiger partial charge in [0.1, 0.15) is 36.6 Å². The number of hydrogen-bond acceptors (Lipinski definition) is 31. The van der Waals surface area contributed by atoms with Crippen LogP contribution < -0.4 is 5.32 Å². The minimum Gasteiger partial charge on any atom is -0.394 e. The number of aliphatic hydroxyl groups is 8. The van der Waals surface area contributed by atoms with Crippen molar-refractivity contribution in [3.63, 3.8) is 0 Å². The molecule has 3 fully saturated rings. The Hall–Kier alpha value is 0.870. The Balaban J connectivity index is 1.56. The van der Waals surface area contributed by atoms with Gasteiger partial charge in [-0.05, 0) is 118 Å². The topological polar surface area (TPSA) is 438 Å². The molecule has 3 saturated heterocycles. The zero-order valence-electron chi connectivity index (χ0n) is 55.7. The van der Waals surface area contributed by atoms with E-state index in [1.807, 2.05) is 13.8 Å². The highest BCUT2D eigenvalue weighted by Gasteiger charge is 2.46. The van der Waals surface area contributed by atoms with Crippen LogP contribution in [0, 0.1) is 23.2 Å². The first-order chi connectivity index (χ1) is 45.6. The van der Waals surface area contributed by atoms with E-state index < -0.39 is 131 Å². The summed E-state index contributed by atoms with van der Waals surface area (Å²) >= 11 is 20.7. The molecule has 0 saturated carbocycles. The molecular weight excluding hydrogens is 1430 g/mol. The molecule has 0 spiro atoms. The molecule has 570 valence electrons. The van der Waals surface area contributed by atoms with Crippen molar-refractivity contribution >= 4 is 80.0 Å². The van der Waals surface area contributed by atoms with E-state index in [1.165, 1.54) is 14.0 Å². The Kier molecular flexibility index (Phi) is 47.1. The number of amides is 1. The lowest BCUT2D eigenvalue weighted by Crippen LogP contribution is -2.64. The fourth-order valence-corrected chi connectivity index (χ4v) is 14.3. The molecule has 40 heteroatoms. The molecule has 13 N–H and O–H groups in total. The fourth-order valence-electron chi connectivity index (χ4n) is 9.89. The maximum Gasteiger partial charge on any atom is 0.324 e. The largest absolute Gasteiger partial charge is 0.394 e. The summed E-state index contributed by atoms with van der Waals surface area (Å²) in [4.78, 5) is 54.0. The van der Waals surface area contributed by atoms with Crippen molar-refractivity contribution in [2.24, 2.45) is 23.2 Å². The van der Waals surface area contributed by atoms with E-state index in [-0.39, 0.29) is 137 Å². The van der Waals surface area contributed by atoms with Crippen LogP contribution in [0.5, 0.6) is 0 Å². The Labute approximate surface area is 585 Å². The van der Waals surface area contributed by atoms with Gasteiger partial charge in [0.2, 0.25) is 5.91 Å². The standard InChI is InChI=1S/C56H111NO31P4S4/c1-40-44(33-58)86-53(41(2)48(40)62)76-23-10-13-27-80-90(68,94)83-30-16-20-73-37-56(36-72-19-8-6-7-9-26-79-89(67,93)71-5,38-74-21-17-31-84-91(69,95)81-28-14-11-24-77-54-42(3)49(63)50(64)45(34-59)87-54)39-75-22-18-32-85-92(70,96)82-29-15-12-25-78-55-47(57-43(4)61)52(66)51(65)46(35-60)88-55/h40-42,44-55,58-60,62-66H,6-39H2,1-5H3,(H,57,61)(H,67,93)(H,68,94)(H,69,95)(H,70,96)/t40-,41?,42?,44?,45?,46?,47?,48-,49+,50-,51-,52+,53+,54+,55+,56?,89?,90?,91?,92?/m0/s1. The molecule has 20 atom stereocenters. The molecule has 3 aliphatic heterocycles. The van der Waals surface area contributed by atoms with Crippen molar-refractivity contribution in [2.45, 2.75) is 185 Å². The summed E-state index contributed by atoms with van der Waals surface area (Å²) in [6, 6.07) is -1.09. The molecule has 0 aromatic carbocycles. The minimum absolute atomic E-state index is 0.00443. The van der Waals surface area contributed by atoms with E-state index >= 15 is 0 Å². The van der Waals surface area contributed by atoms with Gasteiger partial charge in [-0.15, -0.1) is 0 Å². The first kappa shape index (κ1) is 91.1. The Bertz CT molecular complexity index is 2190. The summed E-state index contributed by atoms with van der Waals surface area (Å²) in [6.45, 7) is -6.97. The van der Waals surface area contributed by atoms with Gasteiger partial charge >= 0.3 is 26.9 Å². The average molecular weight is 1550 g/mol. The van der Waals surface area contributed by atoms with Crippen molar-refractivity contribution in [1.29, 1.82) is 0 Å². The molecule has 32 nitrogen and oxygen atoms in total. The Morgan fingerprint density at radius 3 is 1.08 bits per heavy atom. The fraction of sp³-hybridized carbons (Fsp3) is 0.982. The monoisotopic (exact) mass is 1550 g/mol. The molecule has 3 heterocycles. The van der Waals surface area contributed by atoms with Crippen LogP contribution in [0.3, 0.4) is 0 Å². The van der Waals surface area contributed by atoms with Gasteiger partial charge in [-0.2, -0.15) is 0 Å². The molecule has 96 heavy (non-hydrogen) atoms. The molecule has 0 aromatic heterocycles. The van der Waals surface area contributed by atoms with Crippen LogP contribution in [-0.4, -0.2) is 286 Å². The number of unbranched alkanes of at least 4 members (excludes halogenated alkanes) is 6. The van der Waals surface area contributed by atoms with Gasteiger partial charge in [0.25, 0.3) is 0 Å². The van der Waals surface area contributed by atoms with E-state index in [0.29, 0.717) is 70.8 Å². The van der Waals surface area contributed by atoms with Gasteiger partial charge in [0.05, 0.1) is 116 Å². The quantitative estimate of drug-likeness (QED) is 0.0306. The number of carbonyl (C=O) groups excluding carboxylic acids is 1. The summed E-state index contributed by atoms with van der Waals surface area (Å²) in [6.07, 6.45) is -4.91. The van der Waals surface area contributed by atoms with Crippen molar-refractivity contribution < 1.29 is 149 Å². The van der Waals surface area contributed by atoms with E-state index in [9.17, 15) is 65.2 Å². The second-order valence-corrected chi connectivity index (χ2v) is 35.2. The first-order valence-electron chi connectivity index (χ1n) is 32.6. The predicted molar refractivity (Wildman–Crippen MR) is 361 cm³/mol. The lowest BCUT2D eigenvalue weighted by Gasteiger charge is -2.42. The van der Waals surface area contributed by atoms with E-state index in [2.05, 4.69) is 5.32 Å². The van der Waals surface area contributed by atoms with E-state index in [0.717, 1.165) is 12.8 Å². The van der Waals surface area contributed by atoms with Crippen LogP contribution in [0.25, 0.3) is 0 Å². The van der Waals surface area contributed by atoms with E-state index in [1.54, 1.807) is 6.92 Å². The molecule has 0 aliphatic carbocycles. The van der Waals surface area contributed by atoms with Gasteiger partial charge < -0.3 is 149 Å². The van der Waals surface area contributed by atoms with Crippen LogP contribution in [0.2, 0.25) is 0 Å². The van der Waals surface area contributed by atoms with Gasteiger partial charge in [-0.25, -0.2) is 0 Å². The highest BCUT2D eigenvalue weighted by atomic mass is 32.5. The van der Waals surface area contributed by atoms with Crippen LogP contribution in [-0.2, 0) is 136 Å². The molecule has 1 amide bonds. The average Bonchev–Trinajstić information content (AvgIpc) is 0.883. The molecule has 0 aromatic rings. The highest BCUT2D eigenvalue weighted by molar-refractivity contribution is 8.08. The summed E-state index contributed by atoms with van der Waals surface area (Å²) in [7, 11) is 1.29. The number of hydrogen-bond donors (Lipinski definition) is 13. The van der Waals surface area contributed by atoms with Crippen LogP contribution in [0.15, 0.2) is 0 Å². The SMILES string of the molecule is COP(O)(=S)OCCCCCCOCC(COCCCOP(O)(=S)OCCCCO[C@@H]1OC(CO)[C@H](C)[C@H](O)C1C)(COCCCOP(O)(=S)OCCCCO[C@@H]1OC(CO)[C@H](O)[C@H](O)C1C)COCCCOP(O)(=S)OCCCCO[C@@H]1OC(CO)[C@H](O)[C@H](O)C1NC(C)=O. The minimum atomic E-state index is -3.69. The zero-order valence-corrected chi connectivity index (χ0v) is 62.6. The van der Waals surface area contributed by atoms with Gasteiger partial charge in [-0.1, -0.05) is 33.6 Å². The second kappa shape index (κ2) is 49.6. The summed E-state index contributed by atoms with van der Waals surface area (Å²) in [5.74, 6) is -1.57. The number of ether oxygens (including phenoxy) is 10. The Morgan fingerprint density at radius 2 is 0.698 bits per heavy atom. The Morgan fingerprint density at radius 1 is 0.396 bits per heavy atom. The highest BCUT2D eigenvalue weighted by Crippen LogP contribution is 2.46. The first-order valence-corrected chi connectivity index (χ1v) is 42.9. The number of carbonyl (C=O) groups is 1. The van der Waals surface area contributed by atoms with Crippen molar-refractivity contribution in [1.82, 2.24) is 5.32 Å². The maximum absolute atomic E-state index is 11.8. The third-order valence-corrected chi connectivity index (χ3v) is 22.3. The lowest BCUT2D eigenvalue weighted by molar-refractivity contribution is -0.282. The predicted octanol–water partition coefficient (Wildman–Crippen LogP) is 2.16. The summed E-state index contributed by atoms with van der Waals surface area (Å²) in [5, 5.41) is 83.0. The summed E-state index contributed by atoms with van der Waals surface area (Å²) < 4.78 is 103. The van der Waals surface area contributed by atoms with Crippen LogP contribution in [0.4, 0.5) is 0 Å². The molecule has 11 unspecified atom stereocenters. The number of nitrogens with one attached hydrogen (secondary N) is 1. The van der Waals surface area contributed by atoms with Crippen molar-refractivity contribution in [3.05, 3.63) is 0 Å². The lowest BCUT2D eigenvalue weighted by atomic mass is 9.86. The normalized spacial score (nSPS) is 29.7. The zero-order chi connectivity index (χ0) is 71.2. The second-order valence-electron chi connectivity index (χ2n) is 23.7. The number of aliphatic hydroxyl groups excluding tert-OH is 8. The third-order valence-electron chi connectivity index (χ3n) is 15.6. The third kappa shape index (κ3) is 36.7. The van der Waals surface area contributed by atoms with Crippen LogP contribution in [0.1, 0.15) is 111 Å². The van der Waals surface area contributed by atoms with Gasteiger partial charge in [-0.3, -0.25) is 4.79 Å². The molecular formula is C56H111NO31P4S4. The van der Waals surface area contributed by atoms with Gasteiger partial charge in [0.15, 0.2) is 18.9 Å². The smallest absolute Gasteiger partial charge is 0.324 e. The van der Waals surface area contributed by atoms with Crippen molar-refractivity contribution in [3.8, 4) is 0 Å². The summed E-state index contributed by atoms with van der Waals surface area (Å²) in [5.41, 5.74) is -0.928. The molecule has 0 radical (unpaired) electrons. The molecule has 0 bridgehead atoms. The van der Waals surface area contributed by atoms with Crippen LogP contribution >= 0.6 is 26.9 Å².